The number of rotatable bonds is 3. The summed E-state index contributed by atoms with van der Waals surface area (Å²) in [6.07, 6.45) is 6.61. The number of halogens is 1. The van der Waals surface area contributed by atoms with E-state index >= 15 is 0 Å². The number of benzene rings is 2. The van der Waals surface area contributed by atoms with Gasteiger partial charge in [0.25, 0.3) is 0 Å². The molecular formula is C23H18BrN3. The molecule has 2 aliphatic carbocycles. The summed E-state index contributed by atoms with van der Waals surface area (Å²) in [5.74, 6) is 4.02. The molecule has 2 aliphatic rings. The highest BCUT2D eigenvalue weighted by Gasteiger charge is 2.49. The van der Waals surface area contributed by atoms with Gasteiger partial charge in [-0.1, -0.05) is 83.5 Å². The van der Waals surface area contributed by atoms with Crippen LogP contribution in [0.4, 0.5) is 0 Å². The van der Waals surface area contributed by atoms with Crippen LogP contribution in [0.2, 0.25) is 0 Å². The van der Waals surface area contributed by atoms with Crippen LogP contribution >= 0.6 is 15.9 Å². The average Bonchev–Trinajstić information content (AvgIpc) is 3.39. The van der Waals surface area contributed by atoms with Gasteiger partial charge in [0, 0.05) is 21.2 Å². The average molecular weight is 416 g/mol. The molecule has 0 aliphatic heterocycles. The van der Waals surface area contributed by atoms with Gasteiger partial charge in [-0.3, -0.25) is 0 Å². The van der Waals surface area contributed by atoms with Crippen molar-refractivity contribution in [1.82, 2.24) is 15.0 Å². The predicted molar refractivity (Wildman–Crippen MR) is 112 cm³/mol. The summed E-state index contributed by atoms with van der Waals surface area (Å²) >= 11 is 3.55. The zero-order valence-electron chi connectivity index (χ0n) is 14.9. The number of aromatic nitrogens is 3. The van der Waals surface area contributed by atoms with Gasteiger partial charge in [0.1, 0.15) is 0 Å². The molecule has 2 aromatic carbocycles. The Bertz CT molecular complexity index is 1070. The zero-order valence-corrected chi connectivity index (χ0v) is 16.5. The van der Waals surface area contributed by atoms with E-state index in [1.807, 2.05) is 54.6 Å². The number of hydrogen-bond donors (Lipinski definition) is 0. The van der Waals surface area contributed by atoms with Crippen LogP contribution in [0, 0.1) is 17.8 Å². The molecule has 0 amide bonds. The van der Waals surface area contributed by atoms with Gasteiger partial charge in [0.2, 0.25) is 0 Å². The molecule has 27 heavy (non-hydrogen) atoms. The molecule has 1 aromatic heterocycles. The summed E-state index contributed by atoms with van der Waals surface area (Å²) in [5, 5.41) is 0. The Hall–Kier alpha value is -2.59. The zero-order chi connectivity index (χ0) is 18.4. The summed E-state index contributed by atoms with van der Waals surface area (Å²) in [4.78, 5) is 14.5. The summed E-state index contributed by atoms with van der Waals surface area (Å²) in [7, 11) is 0. The Labute approximate surface area is 167 Å². The fourth-order valence-corrected chi connectivity index (χ4v) is 4.28. The molecule has 1 saturated carbocycles. The van der Waals surface area contributed by atoms with E-state index in [1.165, 1.54) is 5.57 Å². The standard InChI is InChI=1S/C23H18BrN3/c1-14-18-11-6-12-19(20(14)18)23-26-21(15-7-3-2-4-8-15)25-22(27-23)16-9-5-10-17(24)13-16/h2-14,18,20H,1H3/t14-,18?,20?/m1/s1. The normalized spacial score (nSPS) is 22.9. The first-order chi connectivity index (χ1) is 13.2. The number of nitrogens with zero attached hydrogens (tertiary/aromatic N) is 3. The molecule has 1 fully saturated rings. The molecule has 0 saturated heterocycles. The molecule has 2 unspecified atom stereocenters. The van der Waals surface area contributed by atoms with E-state index in [1.54, 1.807) is 0 Å². The van der Waals surface area contributed by atoms with Crippen molar-refractivity contribution in [3.8, 4) is 22.8 Å². The molecule has 0 bridgehead atoms. The minimum Gasteiger partial charge on any atom is -0.209 e. The van der Waals surface area contributed by atoms with Crippen molar-refractivity contribution >= 4 is 21.5 Å². The molecule has 3 aromatic rings. The first-order valence-corrected chi connectivity index (χ1v) is 9.96. The monoisotopic (exact) mass is 415 g/mol. The minimum absolute atomic E-state index is 0.524. The smallest absolute Gasteiger partial charge is 0.164 e. The molecule has 0 N–H and O–H groups in total. The lowest BCUT2D eigenvalue weighted by molar-refractivity contribution is 0.883. The van der Waals surface area contributed by atoms with Crippen molar-refractivity contribution < 1.29 is 0 Å². The molecule has 132 valence electrons. The summed E-state index contributed by atoms with van der Waals surface area (Å²) in [6.45, 7) is 2.30. The van der Waals surface area contributed by atoms with Gasteiger partial charge in [-0.05, 0) is 29.9 Å². The van der Waals surface area contributed by atoms with Gasteiger partial charge in [-0.15, -0.1) is 0 Å². The maximum absolute atomic E-state index is 4.86. The molecule has 4 heteroatoms. The quantitative estimate of drug-likeness (QED) is 0.542. The lowest BCUT2D eigenvalue weighted by Gasteiger charge is -2.12. The van der Waals surface area contributed by atoms with Crippen molar-refractivity contribution in [1.29, 1.82) is 0 Å². The summed E-state index contributed by atoms with van der Waals surface area (Å²) in [5.41, 5.74) is 3.22. The number of fused-ring (bicyclic) bond motifs is 1. The van der Waals surface area contributed by atoms with Crippen LogP contribution in [0.25, 0.3) is 28.3 Å². The summed E-state index contributed by atoms with van der Waals surface area (Å²) in [6, 6.07) is 18.2. The van der Waals surface area contributed by atoms with Gasteiger partial charge in [-0.25, -0.2) is 15.0 Å². The van der Waals surface area contributed by atoms with E-state index < -0.39 is 0 Å². The van der Waals surface area contributed by atoms with Crippen LogP contribution in [0.3, 0.4) is 0 Å². The topological polar surface area (TPSA) is 38.7 Å². The Morgan fingerprint density at radius 2 is 1.52 bits per heavy atom. The number of hydrogen-bond acceptors (Lipinski definition) is 3. The SMILES string of the molecule is C[C@@H]1C2C=CC=C(c3nc(-c4ccccc4)nc(-c4cccc(Br)c4)n3)C21. The first-order valence-electron chi connectivity index (χ1n) is 9.17. The number of allylic oxidation sites excluding steroid dienone is 4. The van der Waals surface area contributed by atoms with Gasteiger partial charge in [0.15, 0.2) is 17.5 Å². The Morgan fingerprint density at radius 1 is 0.815 bits per heavy atom. The molecule has 0 spiro atoms. The second kappa shape index (κ2) is 6.54. The lowest BCUT2D eigenvalue weighted by Crippen LogP contribution is -2.05. The van der Waals surface area contributed by atoms with Crippen LogP contribution in [-0.4, -0.2) is 15.0 Å². The maximum atomic E-state index is 4.86. The van der Waals surface area contributed by atoms with E-state index in [0.29, 0.717) is 23.6 Å². The van der Waals surface area contributed by atoms with Crippen molar-refractivity contribution in [2.24, 2.45) is 17.8 Å². The van der Waals surface area contributed by atoms with Crippen molar-refractivity contribution in [3.05, 3.63) is 83.1 Å². The highest BCUT2D eigenvalue weighted by atomic mass is 79.9. The fraction of sp³-hybridized carbons (Fsp3) is 0.174. The van der Waals surface area contributed by atoms with Gasteiger partial charge in [-0.2, -0.15) is 0 Å². The second-order valence-electron chi connectivity index (χ2n) is 7.15. The molecule has 3 nitrogen and oxygen atoms in total. The minimum atomic E-state index is 0.524. The van der Waals surface area contributed by atoms with E-state index in [4.69, 9.17) is 15.0 Å². The second-order valence-corrected chi connectivity index (χ2v) is 8.07. The largest absolute Gasteiger partial charge is 0.209 e. The van der Waals surface area contributed by atoms with Gasteiger partial charge >= 0.3 is 0 Å². The Balaban J connectivity index is 1.68. The van der Waals surface area contributed by atoms with Crippen molar-refractivity contribution in [2.75, 3.05) is 0 Å². The van der Waals surface area contributed by atoms with Crippen molar-refractivity contribution in [3.63, 3.8) is 0 Å². The van der Waals surface area contributed by atoms with Gasteiger partial charge < -0.3 is 0 Å². The van der Waals surface area contributed by atoms with Crippen LogP contribution in [0.1, 0.15) is 12.7 Å². The van der Waals surface area contributed by atoms with E-state index in [0.717, 1.165) is 27.2 Å². The Morgan fingerprint density at radius 3 is 2.30 bits per heavy atom. The molecule has 1 heterocycles. The van der Waals surface area contributed by atoms with Gasteiger partial charge in [0.05, 0.1) is 0 Å². The molecule has 0 radical (unpaired) electrons. The fourth-order valence-electron chi connectivity index (χ4n) is 3.88. The lowest BCUT2D eigenvalue weighted by atomic mass is 10.0. The highest BCUT2D eigenvalue weighted by Crippen LogP contribution is 2.55. The van der Waals surface area contributed by atoms with Crippen LogP contribution in [-0.2, 0) is 0 Å². The van der Waals surface area contributed by atoms with Crippen LogP contribution in [0.5, 0.6) is 0 Å². The third kappa shape index (κ3) is 3.04. The maximum Gasteiger partial charge on any atom is 0.164 e. The predicted octanol–water partition coefficient (Wildman–Crippen LogP) is 5.80. The molecule has 3 atom stereocenters. The van der Waals surface area contributed by atoms with E-state index in [-0.39, 0.29) is 0 Å². The molecule has 5 rings (SSSR count). The van der Waals surface area contributed by atoms with Crippen LogP contribution in [0.15, 0.2) is 77.3 Å². The third-order valence-corrected chi connectivity index (χ3v) is 5.92. The Kier molecular flexibility index (Phi) is 4.01. The third-order valence-electron chi connectivity index (χ3n) is 5.42. The van der Waals surface area contributed by atoms with Crippen LogP contribution < -0.4 is 0 Å². The first kappa shape index (κ1) is 16.6. The van der Waals surface area contributed by atoms with E-state index in [9.17, 15) is 0 Å². The van der Waals surface area contributed by atoms with Crippen molar-refractivity contribution in [2.45, 2.75) is 6.92 Å². The molecular weight excluding hydrogens is 398 g/mol. The highest BCUT2D eigenvalue weighted by molar-refractivity contribution is 9.10. The summed E-state index contributed by atoms with van der Waals surface area (Å²) < 4.78 is 1.01. The van der Waals surface area contributed by atoms with E-state index in [2.05, 4.69) is 41.1 Å².